The predicted octanol–water partition coefficient (Wildman–Crippen LogP) is 1.65. The number of thiophene rings is 1. The summed E-state index contributed by atoms with van der Waals surface area (Å²) >= 11 is 1.66. The van der Waals surface area contributed by atoms with Crippen LogP contribution in [0.15, 0.2) is 23.7 Å². The topological polar surface area (TPSA) is 38.0 Å². The molecule has 2 aromatic rings. The Bertz CT molecular complexity index is 530. The highest BCUT2D eigenvalue weighted by molar-refractivity contribution is 7.10. The first-order valence-electron chi connectivity index (χ1n) is 4.95. The van der Waals surface area contributed by atoms with Gasteiger partial charge < -0.3 is 5.11 Å². The van der Waals surface area contributed by atoms with Crippen molar-refractivity contribution in [3.8, 4) is 11.8 Å². The number of hydrogen-bond donors (Lipinski definition) is 1. The lowest BCUT2D eigenvalue weighted by molar-refractivity contribution is 0.350. The number of nitrogens with zero attached hydrogens (tertiary/aromatic N) is 2. The predicted molar refractivity (Wildman–Crippen MR) is 64.3 cm³/mol. The Balaban J connectivity index is 2.08. The van der Waals surface area contributed by atoms with E-state index in [4.69, 9.17) is 5.11 Å². The number of aliphatic hydroxyl groups is 1. The van der Waals surface area contributed by atoms with E-state index in [0.29, 0.717) is 0 Å². The molecular weight excluding hydrogens is 220 g/mol. The second-order valence-electron chi connectivity index (χ2n) is 3.42. The normalized spacial score (nSPS) is 9.88. The third-order valence-corrected chi connectivity index (χ3v) is 2.98. The van der Waals surface area contributed by atoms with Crippen LogP contribution in [0.2, 0.25) is 0 Å². The van der Waals surface area contributed by atoms with Crippen LogP contribution in [0.5, 0.6) is 0 Å². The minimum absolute atomic E-state index is 0.0937. The van der Waals surface area contributed by atoms with Gasteiger partial charge in [0.25, 0.3) is 0 Å². The summed E-state index contributed by atoms with van der Waals surface area (Å²) in [5, 5.41) is 14.9. The smallest absolute Gasteiger partial charge is 0.104 e. The Hall–Kier alpha value is -1.57. The number of aryl methyl sites for hydroxylation is 1. The Morgan fingerprint density at radius 3 is 3.12 bits per heavy atom. The van der Waals surface area contributed by atoms with E-state index in [-0.39, 0.29) is 6.61 Å². The zero-order valence-electron chi connectivity index (χ0n) is 8.97. The summed E-state index contributed by atoms with van der Waals surface area (Å²) in [7, 11) is 0. The molecule has 0 aliphatic carbocycles. The average Bonchev–Trinajstić information content (AvgIpc) is 2.86. The van der Waals surface area contributed by atoms with Gasteiger partial charge in [-0.15, -0.1) is 11.3 Å². The van der Waals surface area contributed by atoms with Crippen molar-refractivity contribution in [3.63, 3.8) is 0 Å². The van der Waals surface area contributed by atoms with Gasteiger partial charge in [-0.2, -0.15) is 5.10 Å². The molecule has 82 valence electrons. The fourth-order valence-electron chi connectivity index (χ4n) is 1.38. The first-order chi connectivity index (χ1) is 7.78. The quantitative estimate of drug-likeness (QED) is 0.799. The molecule has 0 amide bonds. The van der Waals surface area contributed by atoms with Gasteiger partial charge in [0.05, 0.1) is 12.2 Å². The van der Waals surface area contributed by atoms with Gasteiger partial charge in [-0.1, -0.05) is 11.8 Å². The SMILES string of the molecule is Cc1ccn(Cc2cc(C#CCO)cs2)n1. The zero-order valence-corrected chi connectivity index (χ0v) is 9.79. The van der Waals surface area contributed by atoms with Gasteiger partial charge >= 0.3 is 0 Å². The summed E-state index contributed by atoms with van der Waals surface area (Å²) in [5.74, 6) is 5.52. The zero-order chi connectivity index (χ0) is 11.4. The molecule has 0 spiro atoms. The lowest BCUT2D eigenvalue weighted by atomic mass is 10.3. The van der Waals surface area contributed by atoms with Crippen LogP contribution in [-0.4, -0.2) is 21.5 Å². The Kier molecular flexibility index (Phi) is 3.40. The van der Waals surface area contributed by atoms with Crippen LogP contribution in [0, 0.1) is 18.8 Å². The number of aromatic nitrogens is 2. The minimum Gasteiger partial charge on any atom is -0.384 e. The fourth-order valence-corrected chi connectivity index (χ4v) is 2.19. The molecule has 16 heavy (non-hydrogen) atoms. The molecule has 2 aromatic heterocycles. The Morgan fingerprint density at radius 1 is 1.56 bits per heavy atom. The van der Waals surface area contributed by atoms with Gasteiger partial charge in [0.15, 0.2) is 0 Å². The molecule has 0 unspecified atom stereocenters. The van der Waals surface area contributed by atoms with E-state index in [2.05, 4.69) is 16.9 Å². The van der Waals surface area contributed by atoms with Crippen LogP contribution >= 0.6 is 11.3 Å². The number of rotatable bonds is 2. The third-order valence-electron chi connectivity index (χ3n) is 2.06. The van der Waals surface area contributed by atoms with Crippen LogP contribution in [0.4, 0.5) is 0 Å². The van der Waals surface area contributed by atoms with Crippen LogP contribution in [0.1, 0.15) is 16.1 Å². The average molecular weight is 232 g/mol. The Labute approximate surface area is 98.4 Å². The molecule has 1 N–H and O–H groups in total. The molecular formula is C12H12N2OS. The largest absolute Gasteiger partial charge is 0.384 e. The van der Waals surface area contributed by atoms with Crippen molar-refractivity contribution in [1.82, 2.24) is 9.78 Å². The maximum absolute atomic E-state index is 8.59. The van der Waals surface area contributed by atoms with E-state index in [0.717, 1.165) is 17.8 Å². The summed E-state index contributed by atoms with van der Waals surface area (Å²) in [5.41, 5.74) is 1.98. The second-order valence-corrected chi connectivity index (χ2v) is 4.41. The molecule has 0 saturated carbocycles. The van der Waals surface area contributed by atoms with Crippen molar-refractivity contribution in [2.45, 2.75) is 13.5 Å². The van der Waals surface area contributed by atoms with Gasteiger partial charge in [0, 0.05) is 22.0 Å². The van der Waals surface area contributed by atoms with E-state index >= 15 is 0 Å². The first kappa shape index (κ1) is 10.9. The summed E-state index contributed by atoms with van der Waals surface area (Å²) in [6, 6.07) is 4.02. The fraction of sp³-hybridized carbons (Fsp3) is 0.250. The molecule has 2 heterocycles. The molecule has 0 aromatic carbocycles. The maximum Gasteiger partial charge on any atom is 0.104 e. The van der Waals surface area contributed by atoms with E-state index in [1.54, 1.807) is 11.3 Å². The third kappa shape index (κ3) is 2.72. The molecule has 0 atom stereocenters. The van der Waals surface area contributed by atoms with Crippen LogP contribution in [0.25, 0.3) is 0 Å². The van der Waals surface area contributed by atoms with Gasteiger partial charge in [-0.25, -0.2) is 0 Å². The van der Waals surface area contributed by atoms with Crippen molar-refractivity contribution in [2.24, 2.45) is 0 Å². The van der Waals surface area contributed by atoms with Crippen molar-refractivity contribution in [3.05, 3.63) is 39.8 Å². The monoisotopic (exact) mass is 232 g/mol. The molecule has 4 heteroatoms. The van der Waals surface area contributed by atoms with E-state index in [1.165, 1.54) is 4.88 Å². The highest BCUT2D eigenvalue weighted by atomic mass is 32.1. The lowest BCUT2D eigenvalue weighted by Gasteiger charge is -1.96. The molecule has 0 radical (unpaired) electrons. The second kappa shape index (κ2) is 4.97. The molecule has 0 aliphatic heterocycles. The minimum atomic E-state index is -0.0937. The van der Waals surface area contributed by atoms with Gasteiger partial charge in [-0.05, 0) is 19.1 Å². The van der Waals surface area contributed by atoms with E-state index < -0.39 is 0 Å². The van der Waals surface area contributed by atoms with Crippen LogP contribution in [-0.2, 0) is 6.54 Å². The van der Waals surface area contributed by atoms with Crippen molar-refractivity contribution in [2.75, 3.05) is 6.61 Å². The highest BCUT2D eigenvalue weighted by Gasteiger charge is 2.00. The molecule has 3 nitrogen and oxygen atoms in total. The van der Waals surface area contributed by atoms with Gasteiger partial charge in [0.1, 0.15) is 6.61 Å². The van der Waals surface area contributed by atoms with E-state index in [1.807, 2.05) is 35.3 Å². The highest BCUT2D eigenvalue weighted by Crippen LogP contribution is 2.15. The maximum atomic E-state index is 8.59. The molecule has 0 fully saturated rings. The lowest BCUT2D eigenvalue weighted by Crippen LogP contribution is -1.98. The Morgan fingerprint density at radius 2 is 2.44 bits per heavy atom. The first-order valence-corrected chi connectivity index (χ1v) is 5.83. The summed E-state index contributed by atoms with van der Waals surface area (Å²) in [6.07, 6.45) is 1.97. The summed E-state index contributed by atoms with van der Waals surface area (Å²) in [4.78, 5) is 1.21. The van der Waals surface area contributed by atoms with Gasteiger partial charge in [-0.3, -0.25) is 4.68 Å². The van der Waals surface area contributed by atoms with E-state index in [9.17, 15) is 0 Å². The number of hydrogen-bond acceptors (Lipinski definition) is 3. The summed E-state index contributed by atoms with van der Waals surface area (Å²) < 4.78 is 1.91. The van der Waals surface area contributed by atoms with Crippen molar-refractivity contribution < 1.29 is 5.11 Å². The van der Waals surface area contributed by atoms with Crippen molar-refractivity contribution in [1.29, 1.82) is 0 Å². The standard InChI is InChI=1S/C12H12N2OS/c1-10-4-5-14(13-10)8-12-7-11(9-16-12)3-2-6-15/h4-5,7,9,15H,6,8H2,1H3. The molecule has 2 rings (SSSR count). The molecule has 0 saturated heterocycles. The molecule has 0 bridgehead atoms. The van der Waals surface area contributed by atoms with Gasteiger partial charge in [0.2, 0.25) is 0 Å². The van der Waals surface area contributed by atoms with Crippen molar-refractivity contribution >= 4 is 11.3 Å². The number of aliphatic hydroxyl groups excluding tert-OH is 1. The summed E-state index contributed by atoms with van der Waals surface area (Å²) in [6.45, 7) is 2.66. The van der Waals surface area contributed by atoms with Crippen LogP contribution < -0.4 is 0 Å². The molecule has 0 aliphatic rings. The van der Waals surface area contributed by atoms with Crippen LogP contribution in [0.3, 0.4) is 0 Å².